The van der Waals surface area contributed by atoms with Gasteiger partial charge in [0.25, 0.3) is 0 Å². The summed E-state index contributed by atoms with van der Waals surface area (Å²) in [6, 6.07) is 6.28. The van der Waals surface area contributed by atoms with E-state index in [1.807, 2.05) is 6.20 Å². The van der Waals surface area contributed by atoms with Crippen LogP contribution >= 0.6 is 11.3 Å². The van der Waals surface area contributed by atoms with Gasteiger partial charge in [-0.25, -0.2) is 9.97 Å². The van der Waals surface area contributed by atoms with Crippen LogP contribution in [0.1, 0.15) is 24.8 Å². The number of thiazole rings is 1. The molecule has 0 unspecified atom stereocenters. The van der Waals surface area contributed by atoms with Crippen molar-refractivity contribution in [3.63, 3.8) is 0 Å². The first-order valence-corrected chi connectivity index (χ1v) is 9.22. The van der Waals surface area contributed by atoms with E-state index in [-0.39, 0.29) is 0 Å². The predicted octanol–water partition coefficient (Wildman–Crippen LogP) is 5.92. The molecule has 0 atom stereocenters. The van der Waals surface area contributed by atoms with E-state index in [1.165, 1.54) is 11.1 Å². The average molecular weight is 345 g/mol. The van der Waals surface area contributed by atoms with Crippen LogP contribution in [0.4, 0.5) is 0 Å². The number of hydrogen-bond donors (Lipinski definition) is 1. The fraction of sp³-hybridized carbons (Fsp3) is 0.143. The molecule has 4 heteroatoms. The van der Waals surface area contributed by atoms with Crippen molar-refractivity contribution in [2.45, 2.75) is 19.8 Å². The second kappa shape index (κ2) is 6.65. The van der Waals surface area contributed by atoms with E-state index in [9.17, 15) is 0 Å². The molecule has 124 valence electrons. The SMILES string of the molecule is C=C(C1=CC(CC)=CC=CC1)c1nc2ccc(-c3c[nH]cn3)cc2s1. The number of fused-ring (bicyclic) bond motifs is 1. The van der Waals surface area contributed by atoms with Crippen LogP contribution in [0.2, 0.25) is 0 Å². The summed E-state index contributed by atoms with van der Waals surface area (Å²) in [5, 5.41) is 0.992. The Morgan fingerprint density at radius 3 is 3.08 bits per heavy atom. The molecular formula is C21H19N3S. The quantitative estimate of drug-likeness (QED) is 0.637. The zero-order valence-electron chi connectivity index (χ0n) is 14.1. The zero-order chi connectivity index (χ0) is 17.2. The molecule has 0 saturated carbocycles. The van der Waals surface area contributed by atoms with Crippen LogP contribution < -0.4 is 0 Å². The number of nitrogens with one attached hydrogen (secondary N) is 1. The minimum Gasteiger partial charge on any atom is -0.351 e. The number of hydrogen-bond acceptors (Lipinski definition) is 3. The molecule has 0 radical (unpaired) electrons. The van der Waals surface area contributed by atoms with Gasteiger partial charge in [-0.05, 0) is 36.1 Å². The Labute approximate surface area is 151 Å². The first-order valence-electron chi connectivity index (χ1n) is 8.40. The van der Waals surface area contributed by atoms with Gasteiger partial charge in [0.15, 0.2) is 0 Å². The van der Waals surface area contributed by atoms with Crippen LogP contribution in [0.25, 0.3) is 27.0 Å². The largest absolute Gasteiger partial charge is 0.351 e. The Morgan fingerprint density at radius 1 is 1.36 bits per heavy atom. The van der Waals surface area contributed by atoms with E-state index in [0.717, 1.165) is 44.9 Å². The van der Waals surface area contributed by atoms with Gasteiger partial charge in [0.05, 0.1) is 22.2 Å². The molecule has 0 amide bonds. The van der Waals surface area contributed by atoms with Crippen LogP contribution in [0.3, 0.4) is 0 Å². The van der Waals surface area contributed by atoms with E-state index in [2.05, 4.69) is 66.0 Å². The van der Waals surface area contributed by atoms with Crippen molar-refractivity contribution in [3.05, 3.63) is 77.8 Å². The second-order valence-corrected chi connectivity index (χ2v) is 7.06. The number of rotatable bonds is 4. The molecule has 4 rings (SSSR count). The third kappa shape index (κ3) is 3.13. The summed E-state index contributed by atoms with van der Waals surface area (Å²) in [7, 11) is 0. The lowest BCUT2D eigenvalue weighted by atomic mass is 10.0. The monoisotopic (exact) mass is 345 g/mol. The molecule has 0 bridgehead atoms. The van der Waals surface area contributed by atoms with Crippen molar-refractivity contribution in [2.75, 3.05) is 0 Å². The van der Waals surface area contributed by atoms with Crippen LogP contribution in [0, 0.1) is 0 Å². The van der Waals surface area contributed by atoms with Crippen LogP contribution in [-0.4, -0.2) is 15.0 Å². The number of allylic oxidation sites excluding steroid dienone is 7. The Morgan fingerprint density at radius 2 is 2.28 bits per heavy atom. The van der Waals surface area contributed by atoms with Crippen LogP contribution in [-0.2, 0) is 0 Å². The van der Waals surface area contributed by atoms with Gasteiger partial charge in [0.1, 0.15) is 5.01 Å². The highest BCUT2D eigenvalue weighted by atomic mass is 32.1. The highest BCUT2D eigenvalue weighted by Crippen LogP contribution is 2.34. The summed E-state index contributed by atoms with van der Waals surface area (Å²) in [4.78, 5) is 12.1. The van der Waals surface area contributed by atoms with Crippen molar-refractivity contribution < 1.29 is 0 Å². The number of H-pyrrole nitrogens is 1. The van der Waals surface area contributed by atoms with E-state index in [4.69, 9.17) is 4.98 Å². The summed E-state index contributed by atoms with van der Waals surface area (Å²) < 4.78 is 1.16. The van der Waals surface area contributed by atoms with Gasteiger partial charge in [-0.15, -0.1) is 11.3 Å². The average Bonchev–Trinajstić information content (AvgIpc) is 3.25. The third-order valence-electron chi connectivity index (χ3n) is 4.38. The van der Waals surface area contributed by atoms with Crippen LogP contribution in [0.5, 0.6) is 0 Å². The number of aromatic amines is 1. The van der Waals surface area contributed by atoms with Gasteiger partial charge in [0.2, 0.25) is 0 Å². The maximum Gasteiger partial charge on any atom is 0.124 e. The maximum atomic E-state index is 4.80. The van der Waals surface area contributed by atoms with E-state index < -0.39 is 0 Å². The minimum atomic E-state index is 0.896. The molecule has 0 fully saturated rings. The number of nitrogens with zero attached hydrogens (tertiary/aromatic N) is 2. The van der Waals surface area contributed by atoms with Gasteiger partial charge >= 0.3 is 0 Å². The highest BCUT2D eigenvalue weighted by molar-refractivity contribution is 7.19. The van der Waals surface area contributed by atoms with Crippen molar-refractivity contribution in [2.24, 2.45) is 0 Å². The van der Waals surface area contributed by atoms with Crippen molar-refractivity contribution in [1.82, 2.24) is 15.0 Å². The lowest BCUT2D eigenvalue weighted by Crippen LogP contribution is -1.88. The third-order valence-corrected chi connectivity index (χ3v) is 5.46. The molecule has 2 aromatic heterocycles. The van der Waals surface area contributed by atoms with Gasteiger partial charge in [0, 0.05) is 17.3 Å². The maximum absolute atomic E-state index is 4.80. The molecule has 1 aromatic carbocycles. The number of imidazole rings is 1. The topological polar surface area (TPSA) is 41.6 Å². The second-order valence-electron chi connectivity index (χ2n) is 6.03. The normalized spacial score (nSPS) is 14.3. The summed E-state index contributed by atoms with van der Waals surface area (Å²) in [6.07, 6.45) is 14.3. The first kappa shape index (κ1) is 15.8. The van der Waals surface area contributed by atoms with Crippen molar-refractivity contribution in [1.29, 1.82) is 0 Å². The lowest BCUT2D eigenvalue weighted by Gasteiger charge is -2.06. The van der Waals surface area contributed by atoms with Crippen molar-refractivity contribution >= 4 is 27.1 Å². The Kier molecular flexibility index (Phi) is 4.20. The van der Waals surface area contributed by atoms with Gasteiger partial charge < -0.3 is 4.98 Å². The van der Waals surface area contributed by atoms with E-state index in [1.54, 1.807) is 17.7 Å². The standard InChI is InChI=1S/C21H19N3S/c1-3-15-6-4-5-7-16(10-15)14(2)21-24-18-9-8-17(11-20(18)25-21)19-12-22-13-23-19/h4-6,8-13H,2-3,7H2,1H3,(H,22,23). The molecule has 25 heavy (non-hydrogen) atoms. The highest BCUT2D eigenvalue weighted by Gasteiger charge is 2.13. The molecule has 3 nitrogen and oxygen atoms in total. The minimum absolute atomic E-state index is 0.896. The summed E-state index contributed by atoms with van der Waals surface area (Å²) >= 11 is 1.69. The Balaban J connectivity index is 1.70. The van der Waals surface area contributed by atoms with Gasteiger partial charge in [-0.3, -0.25) is 0 Å². The number of benzene rings is 1. The summed E-state index contributed by atoms with van der Waals surface area (Å²) in [5.74, 6) is 0. The molecule has 1 aliphatic carbocycles. The summed E-state index contributed by atoms with van der Waals surface area (Å²) in [5.41, 5.74) is 6.65. The Hall–Kier alpha value is -2.72. The molecular weight excluding hydrogens is 326 g/mol. The molecule has 0 spiro atoms. The molecule has 0 saturated heterocycles. The molecule has 0 aliphatic heterocycles. The fourth-order valence-corrected chi connectivity index (χ4v) is 3.93. The van der Waals surface area contributed by atoms with Crippen molar-refractivity contribution in [3.8, 4) is 11.3 Å². The first-order chi connectivity index (χ1) is 12.2. The number of aromatic nitrogens is 3. The molecule has 1 N–H and O–H groups in total. The molecule has 1 aliphatic rings. The molecule has 2 heterocycles. The van der Waals surface area contributed by atoms with Crippen LogP contribution in [0.15, 0.2) is 72.8 Å². The predicted molar refractivity (Wildman–Crippen MR) is 106 cm³/mol. The fourth-order valence-electron chi connectivity index (χ4n) is 2.92. The Bertz CT molecular complexity index is 1020. The summed E-state index contributed by atoms with van der Waals surface area (Å²) in [6.45, 7) is 6.50. The lowest BCUT2D eigenvalue weighted by molar-refractivity contribution is 1.14. The van der Waals surface area contributed by atoms with Gasteiger partial charge in [-0.2, -0.15) is 0 Å². The smallest absolute Gasteiger partial charge is 0.124 e. The van der Waals surface area contributed by atoms with E-state index >= 15 is 0 Å². The van der Waals surface area contributed by atoms with Gasteiger partial charge in [-0.1, -0.05) is 43.9 Å². The zero-order valence-corrected chi connectivity index (χ0v) is 14.9. The molecule has 3 aromatic rings. The van der Waals surface area contributed by atoms with E-state index in [0.29, 0.717) is 0 Å².